The predicted molar refractivity (Wildman–Crippen MR) is 119 cm³/mol. The van der Waals surface area contributed by atoms with Gasteiger partial charge in [0.2, 0.25) is 5.91 Å². The third kappa shape index (κ3) is 4.54. The SMILES string of the molecule is CC(=O)NC1CCN(c2cc(-c3cccc(F)c3F)cc(-c3cc(Br)ccc3O)n2)C1. The number of aromatic nitrogens is 1. The summed E-state index contributed by atoms with van der Waals surface area (Å²) in [5, 5.41) is 13.3. The Morgan fingerprint density at radius 1 is 1.19 bits per heavy atom. The van der Waals surface area contributed by atoms with Gasteiger partial charge in [-0.2, -0.15) is 0 Å². The summed E-state index contributed by atoms with van der Waals surface area (Å²) >= 11 is 3.39. The molecule has 5 nitrogen and oxygen atoms in total. The average molecular weight is 488 g/mol. The molecule has 2 N–H and O–H groups in total. The Balaban J connectivity index is 1.82. The van der Waals surface area contributed by atoms with Crippen molar-refractivity contribution >= 4 is 27.7 Å². The Morgan fingerprint density at radius 3 is 2.77 bits per heavy atom. The molecule has 0 saturated carbocycles. The number of benzene rings is 2. The van der Waals surface area contributed by atoms with Gasteiger partial charge in [-0.1, -0.05) is 28.1 Å². The zero-order valence-electron chi connectivity index (χ0n) is 16.7. The van der Waals surface area contributed by atoms with Gasteiger partial charge in [-0.3, -0.25) is 4.79 Å². The highest BCUT2D eigenvalue weighted by Crippen LogP contribution is 2.36. The van der Waals surface area contributed by atoms with Crippen LogP contribution in [-0.2, 0) is 4.79 Å². The van der Waals surface area contributed by atoms with Gasteiger partial charge in [0.25, 0.3) is 0 Å². The van der Waals surface area contributed by atoms with Crippen molar-refractivity contribution in [3.05, 3.63) is 64.6 Å². The monoisotopic (exact) mass is 487 g/mol. The number of pyridine rings is 1. The molecule has 0 radical (unpaired) electrons. The quantitative estimate of drug-likeness (QED) is 0.550. The number of nitrogens with one attached hydrogen (secondary N) is 1. The van der Waals surface area contributed by atoms with Crippen LogP contribution >= 0.6 is 15.9 Å². The number of rotatable bonds is 4. The molecule has 8 heteroatoms. The number of hydrogen-bond acceptors (Lipinski definition) is 4. The number of anilines is 1. The normalized spacial score (nSPS) is 15.9. The molecule has 0 bridgehead atoms. The Morgan fingerprint density at radius 2 is 2.00 bits per heavy atom. The third-order valence-corrected chi connectivity index (χ3v) is 5.72. The Kier molecular flexibility index (Phi) is 5.91. The summed E-state index contributed by atoms with van der Waals surface area (Å²) in [7, 11) is 0. The number of nitrogens with zero attached hydrogens (tertiary/aromatic N) is 2. The maximum Gasteiger partial charge on any atom is 0.217 e. The summed E-state index contributed by atoms with van der Waals surface area (Å²) in [5.41, 5.74) is 1.45. The Bertz CT molecular complexity index is 1140. The minimum Gasteiger partial charge on any atom is -0.507 e. The van der Waals surface area contributed by atoms with Crippen LogP contribution in [0.25, 0.3) is 22.4 Å². The number of carbonyl (C=O) groups is 1. The predicted octanol–water partition coefficient (Wildman–Crippen LogP) is 4.88. The maximum atomic E-state index is 14.6. The molecule has 1 unspecified atom stereocenters. The molecule has 1 fully saturated rings. The summed E-state index contributed by atoms with van der Waals surface area (Å²) in [6, 6.07) is 12.3. The molecule has 3 aromatic rings. The van der Waals surface area contributed by atoms with Crippen LogP contribution < -0.4 is 10.2 Å². The topological polar surface area (TPSA) is 65.5 Å². The van der Waals surface area contributed by atoms with Gasteiger partial charge >= 0.3 is 0 Å². The van der Waals surface area contributed by atoms with Crippen LogP contribution in [0.2, 0.25) is 0 Å². The molecule has 1 atom stereocenters. The van der Waals surface area contributed by atoms with Crippen molar-refractivity contribution < 1.29 is 18.7 Å². The van der Waals surface area contributed by atoms with Crippen molar-refractivity contribution in [2.75, 3.05) is 18.0 Å². The van der Waals surface area contributed by atoms with E-state index in [2.05, 4.69) is 21.2 Å². The van der Waals surface area contributed by atoms with Gasteiger partial charge in [-0.15, -0.1) is 0 Å². The lowest BCUT2D eigenvalue weighted by molar-refractivity contribution is -0.119. The molecule has 1 aromatic heterocycles. The molecule has 1 amide bonds. The molecular weight excluding hydrogens is 468 g/mol. The van der Waals surface area contributed by atoms with E-state index in [-0.39, 0.29) is 23.3 Å². The Labute approximate surface area is 186 Å². The standard InChI is InChI=1S/C23H20BrF2N3O2/c1-13(30)27-16-7-8-29(12-16)22-10-14(17-3-2-4-19(25)23(17)26)9-20(28-22)18-11-15(24)5-6-21(18)31/h2-6,9-11,16,31H,7-8,12H2,1H3,(H,27,30). The molecule has 0 aliphatic carbocycles. The molecule has 1 aliphatic rings. The number of halogens is 3. The van der Waals surface area contributed by atoms with Crippen molar-refractivity contribution in [1.29, 1.82) is 0 Å². The van der Waals surface area contributed by atoms with Crippen molar-refractivity contribution in [2.45, 2.75) is 19.4 Å². The lowest BCUT2D eigenvalue weighted by atomic mass is 10.0. The van der Waals surface area contributed by atoms with E-state index in [1.807, 2.05) is 4.90 Å². The van der Waals surface area contributed by atoms with E-state index >= 15 is 0 Å². The number of hydrogen-bond donors (Lipinski definition) is 2. The highest BCUT2D eigenvalue weighted by molar-refractivity contribution is 9.10. The second-order valence-corrected chi connectivity index (χ2v) is 8.41. The fourth-order valence-electron chi connectivity index (χ4n) is 3.79. The van der Waals surface area contributed by atoms with E-state index in [1.165, 1.54) is 19.1 Å². The van der Waals surface area contributed by atoms with Gasteiger partial charge in [-0.25, -0.2) is 13.8 Å². The summed E-state index contributed by atoms with van der Waals surface area (Å²) in [6.07, 6.45) is 0.747. The summed E-state index contributed by atoms with van der Waals surface area (Å²) in [5.74, 6) is -1.40. The lowest BCUT2D eigenvalue weighted by Crippen LogP contribution is -2.35. The largest absolute Gasteiger partial charge is 0.507 e. The summed E-state index contributed by atoms with van der Waals surface area (Å²) < 4.78 is 29.2. The fourth-order valence-corrected chi connectivity index (χ4v) is 4.15. The van der Waals surface area contributed by atoms with Crippen LogP contribution in [-0.4, -0.2) is 35.1 Å². The van der Waals surface area contributed by atoms with Gasteiger partial charge in [0.15, 0.2) is 11.6 Å². The van der Waals surface area contributed by atoms with Crippen LogP contribution in [0.4, 0.5) is 14.6 Å². The van der Waals surface area contributed by atoms with Gasteiger partial charge in [-0.05, 0) is 48.4 Å². The van der Waals surface area contributed by atoms with Gasteiger partial charge in [0, 0.05) is 41.7 Å². The number of carbonyl (C=O) groups excluding carboxylic acids is 1. The van der Waals surface area contributed by atoms with E-state index in [0.29, 0.717) is 35.7 Å². The van der Waals surface area contributed by atoms with Gasteiger partial charge in [0.05, 0.1) is 5.69 Å². The first-order chi connectivity index (χ1) is 14.8. The minimum atomic E-state index is -0.943. The molecule has 1 aliphatic heterocycles. The first-order valence-electron chi connectivity index (χ1n) is 9.79. The fraction of sp³-hybridized carbons (Fsp3) is 0.217. The highest BCUT2D eigenvalue weighted by atomic mass is 79.9. The summed E-state index contributed by atoms with van der Waals surface area (Å²) in [6.45, 7) is 2.67. The molecule has 0 spiro atoms. The van der Waals surface area contributed by atoms with Crippen molar-refractivity contribution in [2.24, 2.45) is 0 Å². The van der Waals surface area contributed by atoms with Crippen molar-refractivity contribution in [3.8, 4) is 28.1 Å². The summed E-state index contributed by atoms with van der Waals surface area (Å²) in [4.78, 5) is 18.1. The molecule has 2 heterocycles. The Hall–Kier alpha value is -3.00. The van der Waals surface area contributed by atoms with E-state index in [1.54, 1.807) is 30.3 Å². The van der Waals surface area contributed by atoms with E-state index in [9.17, 15) is 18.7 Å². The minimum absolute atomic E-state index is 0.0171. The van der Waals surface area contributed by atoms with Crippen LogP contribution in [0.3, 0.4) is 0 Å². The van der Waals surface area contributed by atoms with Crippen LogP contribution in [0.1, 0.15) is 13.3 Å². The molecule has 2 aromatic carbocycles. The highest BCUT2D eigenvalue weighted by Gasteiger charge is 2.25. The molecule has 160 valence electrons. The third-order valence-electron chi connectivity index (χ3n) is 5.23. The van der Waals surface area contributed by atoms with Gasteiger partial charge < -0.3 is 15.3 Å². The first kappa shape index (κ1) is 21.2. The second kappa shape index (κ2) is 8.63. The zero-order valence-corrected chi connectivity index (χ0v) is 18.3. The molecule has 31 heavy (non-hydrogen) atoms. The maximum absolute atomic E-state index is 14.6. The van der Waals surface area contributed by atoms with Crippen molar-refractivity contribution in [3.63, 3.8) is 0 Å². The van der Waals surface area contributed by atoms with Crippen LogP contribution in [0.5, 0.6) is 5.75 Å². The smallest absolute Gasteiger partial charge is 0.217 e. The lowest BCUT2D eigenvalue weighted by Gasteiger charge is -2.20. The molecular formula is C23H20BrF2N3O2. The first-order valence-corrected chi connectivity index (χ1v) is 10.6. The number of phenols is 1. The van der Waals surface area contributed by atoms with Crippen LogP contribution in [0.15, 0.2) is 53.0 Å². The second-order valence-electron chi connectivity index (χ2n) is 7.49. The van der Waals surface area contributed by atoms with E-state index in [0.717, 1.165) is 17.0 Å². The zero-order chi connectivity index (χ0) is 22.1. The average Bonchev–Trinajstić information content (AvgIpc) is 3.19. The number of phenolic OH excluding ortho intramolecular Hbond substituents is 1. The van der Waals surface area contributed by atoms with E-state index in [4.69, 9.17) is 4.98 Å². The molecule has 1 saturated heterocycles. The number of aromatic hydroxyl groups is 1. The van der Waals surface area contributed by atoms with Gasteiger partial charge in [0.1, 0.15) is 11.6 Å². The van der Waals surface area contributed by atoms with Crippen LogP contribution in [0, 0.1) is 11.6 Å². The van der Waals surface area contributed by atoms with E-state index < -0.39 is 11.6 Å². The number of amides is 1. The van der Waals surface area contributed by atoms with Crippen molar-refractivity contribution in [1.82, 2.24) is 10.3 Å². The molecule has 4 rings (SSSR count).